The van der Waals surface area contributed by atoms with Gasteiger partial charge in [0.25, 0.3) is 0 Å². The monoisotopic (exact) mass is 282 g/mol. The maximum Gasteiger partial charge on any atom is 0.336 e. The van der Waals surface area contributed by atoms with E-state index in [4.69, 9.17) is 10.2 Å². The topological polar surface area (TPSA) is 93.6 Å². The molecule has 19 heavy (non-hydrogen) atoms. The predicted molar refractivity (Wildman–Crippen MR) is 71.4 cm³/mol. The minimum Gasteiger partial charge on any atom is -0.423 e. The van der Waals surface area contributed by atoms with Gasteiger partial charge in [-0.25, -0.2) is 13.2 Å². The lowest BCUT2D eigenvalue weighted by Gasteiger charge is -2.16. The van der Waals surface area contributed by atoms with Gasteiger partial charge in [0.2, 0.25) is 10.0 Å². The molecule has 0 fully saturated rings. The number of benzene rings is 1. The summed E-state index contributed by atoms with van der Waals surface area (Å²) in [5.74, 6) is 0. The number of nitrogens with two attached hydrogens (primary N) is 1. The summed E-state index contributed by atoms with van der Waals surface area (Å²) in [7, 11) is -2.10. The Kier molecular flexibility index (Phi) is 3.70. The molecular formula is C12H14N2O4S. The van der Waals surface area contributed by atoms with Crippen LogP contribution in [0.25, 0.3) is 11.0 Å². The van der Waals surface area contributed by atoms with Gasteiger partial charge in [0.05, 0.1) is 4.90 Å². The van der Waals surface area contributed by atoms with Crippen LogP contribution in [0.3, 0.4) is 0 Å². The van der Waals surface area contributed by atoms with Crippen LogP contribution in [0, 0.1) is 0 Å². The van der Waals surface area contributed by atoms with Crippen molar-refractivity contribution in [3.05, 3.63) is 40.8 Å². The molecule has 0 atom stereocenters. The van der Waals surface area contributed by atoms with Crippen molar-refractivity contribution < 1.29 is 12.8 Å². The molecule has 0 aliphatic heterocycles. The molecule has 7 heteroatoms. The van der Waals surface area contributed by atoms with Gasteiger partial charge in [0, 0.05) is 31.6 Å². The molecule has 0 aliphatic carbocycles. The highest BCUT2D eigenvalue weighted by Crippen LogP contribution is 2.20. The zero-order valence-corrected chi connectivity index (χ0v) is 11.2. The summed E-state index contributed by atoms with van der Waals surface area (Å²) in [5.41, 5.74) is 5.24. The molecule has 2 rings (SSSR count). The van der Waals surface area contributed by atoms with Crippen LogP contribution in [-0.4, -0.2) is 32.9 Å². The van der Waals surface area contributed by atoms with E-state index in [9.17, 15) is 13.2 Å². The molecule has 0 unspecified atom stereocenters. The highest BCUT2D eigenvalue weighted by Gasteiger charge is 2.20. The van der Waals surface area contributed by atoms with Crippen molar-refractivity contribution in [3.63, 3.8) is 0 Å². The Morgan fingerprint density at radius 3 is 2.68 bits per heavy atom. The first-order chi connectivity index (χ1) is 8.95. The molecule has 0 spiro atoms. The van der Waals surface area contributed by atoms with E-state index < -0.39 is 15.6 Å². The van der Waals surface area contributed by atoms with Crippen molar-refractivity contribution in [1.29, 1.82) is 0 Å². The molecule has 6 nitrogen and oxygen atoms in total. The molecule has 2 aromatic rings. The largest absolute Gasteiger partial charge is 0.423 e. The number of likely N-dealkylation sites (N-methyl/N-ethyl adjacent to an activating group) is 1. The first-order valence-corrected chi connectivity index (χ1v) is 7.09. The van der Waals surface area contributed by atoms with Gasteiger partial charge in [-0.1, -0.05) is 0 Å². The van der Waals surface area contributed by atoms with Crippen molar-refractivity contribution in [1.82, 2.24) is 4.31 Å². The second-order valence-corrected chi connectivity index (χ2v) is 6.11. The fourth-order valence-corrected chi connectivity index (χ4v) is 2.91. The highest BCUT2D eigenvalue weighted by molar-refractivity contribution is 7.89. The van der Waals surface area contributed by atoms with Crippen LogP contribution >= 0.6 is 0 Å². The number of hydrogen-bond acceptors (Lipinski definition) is 5. The summed E-state index contributed by atoms with van der Waals surface area (Å²) in [5, 5.41) is 0.557. The smallest absolute Gasteiger partial charge is 0.336 e. The first-order valence-electron chi connectivity index (χ1n) is 5.65. The van der Waals surface area contributed by atoms with Crippen molar-refractivity contribution in [3.8, 4) is 0 Å². The number of hydrogen-bond donors (Lipinski definition) is 1. The molecular weight excluding hydrogens is 268 g/mol. The van der Waals surface area contributed by atoms with Crippen molar-refractivity contribution >= 4 is 21.0 Å². The van der Waals surface area contributed by atoms with Crippen LogP contribution < -0.4 is 11.4 Å². The molecule has 0 saturated carbocycles. The average molecular weight is 282 g/mol. The van der Waals surface area contributed by atoms with E-state index in [1.807, 2.05) is 0 Å². The standard InChI is InChI=1S/C12H14N2O4S/c1-14(7-6-13)19(16,17)10-3-4-11-9(8-10)2-5-12(15)18-11/h2-5,8H,6-7,13H2,1H3. The van der Waals surface area contributed by atoms with Crippen LogP contribution in [0.5, 0.6) is 0 Å². The summed E-state index contributed by atoms with van der Waals surface area (Å²) in [6.45, 7) is 0.489. The van der Waals surface area contributed by atoms with Crippen LogP contribution in [0.4, 0.5) is 0 Å². The summed E-state index contributed by atoms with van der Waals surface area (Å²) in [6, 6.07) is 7.14. The summed E-state index contributed by atoms with van der Waals surface area (Å²) in [4.78, 5) is 11.2. The Labute approximate surface area is 110 Å². The van der Waals surface area contributed by atoms with E-state index in [1.165, 1.54) is 41.7 Å². The van der Waals surface area contributed by atoms with Gasteiger partial charge >= 0.3 is 5.63 Å². The predicted octanol–water partition coefficient (Wildman–Crippen LogP) is 0.372. The fourth-order valence-electron chi connectivity index (χ4n) is 1.69. The van der Waals surface area contributed by atoms with E-state index >= 15 is 0 Å². The summed E-state index contributed by atoms with van der Waals surface area (Å²) in [6.07, 6.45) is 0. The summed E-state index contributed by atoms with van der Waals surface area (Å²) < 4.78 is 30.6. The second kappa shape index (κ2) is 5.12. The van der Waals surface area contributed by atoms with Crippen LogP contribution in [0.15, 0.2) is 44.4 Å². The number of nitrogens with zero attached hydrogens (tertiary/aromatic N) is 1. The van der Waals surface area contributed by atoms with Gasteiger partial charge in [-0.05, 0) is 24.3 Å². The molecule has 1 aromatic heterocycles. The lowest BCUT2D eigenvalue weighted by molar-refractivity contribution is 0.476. The third-order valence-electron chi connectivity index (χ3n) is 2.74. The first kappa shape index (κ1) is 13.7. The maximum atomic E-state index is 12.2. The van der Waals surface area contributed by atoms with Crippen LogP contribution in [0.2, 0.25) is 0 Å². The Hall–Kier alpha value is -1.70. The molecule has 102 valence electrons. The number of fused-ring (bicyclic) bond motifs is 1. The van der Waals surface area contributed by atoms with Crippen LogP contribution in [-0.2, 0) is 10.0 Å². The lowest BCUT2D eigenvalue weighted by Crippen LogP contribution is -2.31. The van der Waals surface area contributed by atoms with E-state index in [2.05, 4.69) is 0 Å². The number of rotatable bonds is 4. The normalized spacial score (nSPS) is 12.2. The maximum absolute atomic E-state index is 12.2. The van der Waals surface area contributed by atoms with Gasteiger partial charge in [-0.2, -0.15) is 4.31 Å². The lowest BCUT2D eigenvalue weighted by atomic mass is 10.2. The highest BCUT2D eigenvalue weighted by atomic mass is 32.2. The Balaban J connectivity index is 2.52. The molecule has 0 aliphatic rings. The summed E-state index contributed by atoms with van der Waals surface area (Å²) >= 11 is 0. The molecule has 0 amide bonds. The average Bonchev–Trinajstić information content (AvgIpc) is 2.38. The number of sulfonamides is 1. The van der Waals surface area contributed by atoms with Gasteiger partial charge in [0.15, 0.2) is 0 Å². The Bertz CT molecular complexity index is 752. The van der Waals surface area contributed by atoms with E-state index in [1.54, 1.807) is 0 Å². The third-order valence-corrected chi connectivity index (χ3v) is 4.60. The van der Waals surface area contributed by atoms with Gasteiger partial charge in [-0.15, -0.1) is 0 Å². The minimum absolute atomic E-state index is 0.143. The molecule has 2 N–H and O–H groups in total. The molecule has 1 heterocycles. The van der Waals surface area contributed by atoms with Gasteiger partial charge in [-0.3, -0.25) is 0 Å². The zero-order chi connectivity index (χ0) is 14.0. The van der Waals surface area contributed by atoms with Crippen LogP contribution in [0.1, 0.15) is 0 Å². The Morgan fingerprint density at radius 2 is 2.00 bits per heavy atom. The quantitative estimate of drug-likeness (QED) is 0.818. The molecule has 0 saturated heterocycles. The molecule has 0 radical (unpaired) electrons. The van der Waals surface area contributed by atoms with Gasteiger partial charge < -0.3 is 10.2 Å². The van der Waals surface area contributed by atoms with Gasteiger partial charge in [0.1, 0.15) is 5.58 Å². The second-order valence-electron chi connectivity index (χ2n) is 4.07. The molecule has 1 aromatic carbocycles. The minimum atomic E-state index is -3.57. The molecule has 0 bridgehead atoms. The van der Waals surface area contributed by atoms with Crippen molar-refractivity contribution in [2.75, 3.05) is 20.1 Å². The van der Waals surface area contributed by atoms with E-state index in [0.29, 0.717) is 11.0 Å². The van der Waals surface area contributed by atoms with E-state index in [0.717, 1.165) is 0 Å². The van der Waals surface area contributed by atoms with Crippen molar-refractivity contribution in [2.24, 2.45) is 5.73 Å². The zero-order valence-electron chi connectivity index (χ0n) is 10.4. The third kappa shape index (κ3) is 2.67. The Morgan fingerprint density at radius 1 is 1.26 bits per heavy atom. The SMILES string of the molecule is CN(CCN)S(=O)(=O)c1ccc2oc(=O)ccc2c1. The van der Waals surface area contributed by atoms with E-state index in [-0.39, 0.29) is 18.0 Å². The fraction of sp³-hybridized carbons (Fsp3) is 0.250. The van der Waals surface area contributed by atoms with Crippen molar-refractivity contribution in [2.45, 2.75) is 4.90 Å².